The van der Waals surface area contributed by atoms with Gasteiger partial charge >= 0.3 is 0 Å². The molecule has 0 unspecified atom stereocenters. The number of aryl methyl sites for hydroxylation is 2. The fourth-order valence-electron chi connectivity index (χ4n) is 3.55. The fraction of sp³-hybridized carbons (Fsp3) is 0.529. The number of hydrogen-bond acceptors (Lipinski definition) is 7. The lowest BCUT2D eigenvalue weighted by atomic mass is 10.2. The molecule has 1 saturated heterocycles. The number of thioether (sulfide) groups is 1. The molecule has 2 aromatic rings. The van der Waals surface area contributed by atoms with Gasteiger partial charge in [0.15, 0.2) is 5.16 Å². The zero-order valence-electron chi connectivity index (χ0n) is 14.2. The van der Waals surface area contributed by atoms with Crippen LogP contribution in [0.1, 0.15) is 23.5 Å². The van der Waals surface area contributed by atoms with Crippen LogP contribution in [0.2, 0.25) is 0 Å². The smallest absolute Gasteiger partial charge is 0.189 e. The second-order valence-electron chi connectivity index (χ2n) is 6.25. The fourth-order valence-corrected chi connectivity index (χ4v) is 3.90. The predicted molar refractivity (Wildman–Crippen MR) is 97.0 cm³/mol. The first kappa shape index (κ1) is 15.6. The minimum atomic E-state index is 0.833. The van der Waals surface area contributed by atoms with Gasteiger partial charge in [-0.15, -0.1) is 0 Å². The zero-order chi connectivity index (χ0) is 16.5. The summed E-state index contributed by atoms with van der Waals surface area (Å²) in [6.45, 7) is 5.87. The maximum Gasteiger partial charge on any atom is 0.189 e. The molecule has 1 fully saturated rings. The van der Waals surface area contributed by atoms with Crippen molar-refractivity contribution >= 4 is 23.4 Å². The summed E-state index contributed by atoms with van der Waals surface area (Å²) in [6.07, 6.45) is 7.29. The molecular weight excluding hydrogens is 320 g/mol. The first-order chi connectivity index (χ1) is 11.7. The minimum Gasteiger partial charge on any atom is -0.353 e. The molecule has 24 heavy (non-hydrogen) atoms. The van der Waals surface area contributed by atoms with Crippen molar-refractivity contribution in [2.45, 2.75) is 31.3 Å². The van der Waals surface area contributed by atoms with Crippen LogP contribution in [0.5, 0.6) is 0 Å². The van der Waals surface area contributed by atoms with Gasteiger partial charge in [0.1, 0.15) is 17.5 Å². The van der Waals surface area contributed by atoms with Crippen molar-refractivity contribution in [3.05, 3.63) is 29.3 Å². The summed E-state index contributed by atoms with van der Waals surface area (Å²) in [5.41, 5.74) is 2.64. The minimum absolute atomic E-state index is 0.833. The van der Waals surface area contributed by atoms with Gasteiger partial charge in [0.25, 0.3) is 0 Å². The van der Waals surface area contributed by atoms with Gasteiger partial charge in [0, 0.05) is 43.6 Å². The van der Waals surface area contributed by atoms with Crippen LogP contribution in [-0.2, 0) is 12.8 Å². The van der Waals surface area contributed by atoms with E-state index in [1.54, 1.807) is 11.8 Å². The summed E-state index contributed by atoms with van der Waals surface area (Å²) >= 11 is 1.58. The maximum absolute atomic E-state index is 4.76. The summed E-state index contributed by atoms with van der Waals surface area (Å²) in [4.78, 5) is 23.0. The summed E-state index contributed by atoms with van der Waals surface area (Å²) < 4.78 is 0. The van der Waals surface area contributed by atoms with Crippen molar-refractivity contribution in [3.8, 4) is 0 Å². The highest BCUT2D eigenvalue weighted by molar-refractivity contribution is 7.98. The summed E-state index contributed by atoms with van der Waals surface area (Å²) in [5, 5.41) is 0.833. The van der Waals surface area contributed by atoms with Crippen molar-refractivity contribution in [3.63, 3.8) is 0 Å². The quantitative estimate of drug-likeness (QED) is 0.625. The van der Waals surface area contributed by atoms with E-state index in [2.05, 4.69) is 24.8 Å². The highest BCUT2D eigenvalue weighted by atomic mass is 32.2. The van der Waals surface area contributed by atoms with Crippen LogP contribution in [0.4, 0.5) is 11.6 Å². The van der Waals surface area contributed by atoms with E-state index >= 15 is 0 Å². The van der Waals surface area contributed by atoms with Gasteiger partial charge in [-0.1, -0.05) is 11.8 Å². The highest BCUT2D eigenvalue weighted by Gasteiger charge is 2.25. The first-order valence-corrected chi connectivity index (χ1v) is 9.70. The van der Waals surface area contributed by atoms with Gasteiger partial charge in [0.2, 0.25) is 0 Å². The number of nitrogens with zero attached hydrogens (tertiary/aromatic N) is 6. The number of hydrogen-bond donors (Lipinski definition) is 0. The topological polar surface area (TPSA) is 58.0 Å². The van der Waals surface area contributed by atoms with Gasteiger partial charge in [-0.3, -0.25) is 0 Å². The molecule has 0 radical (unpaired) electrons. The Labute approximate surface area is 146 Å². The van der Waals surface area contributed by atoms with E-state index in [0.717, 1.165) is 55.8 Å². The van der Waals surface area contributed by atoms with Crippen molar-refractivity contribution in [2.24, 2.45) is 0 Å². The van der Waals surface area contributed by atoms with Crippen molar-refractivity contribution < 1.29 is 0 Å². The van der Waals surface area contributed by atoms with Gasteiger partial charge in [0.05, 0.1) is 0 Å². The predicted octanol–water partition coefficient (Wildman–Crippen LogP) is 2.11. The summed E-state index contributed by atoms with van der Waals surface area (Å²) in [5.74, 6) is 3.09. The lowest BCUT2D eigenvalue weighted by Crippen LogP contribution is -2.47. The lowest BCUT2D eigenvalue weighted by Gasteiger charge is -2.36. The number of piperazine rings is 1. The highest BCUT2D eigenvalue weighted by Crippen LogP contribution is 2.29. The lowest BCUT2D eigenvalue weighted by molar-refractivity contribution is 0.634. The molecule has 0 N–H and O–H groups in total. The molecule has 2 aliphatic rings. The second kappa shape index (κ2) is 6.55. The first-order valence-electron chi connectivity index (χ1n) is 8.48. The summed E-state index contributed by atoms with van der Waals surface area (Å²) in [6, 6.07) is 2.00. The van der Waals surface area contributed by atoms with Gasteiger partial charge < -0.3 is 9.80 Å². The van der Waals surface area contributed by atoms with Gasteiger partial charge in [-0.2, -0.15) is 0 Å². The van der Waals surface area contributed by atoms with E-state index in [0.29, 0.717) is 0 Å². The largest absolute Gasteiger partial charge is 0.353 e. The van der Waals surface area contributed by atoms with Crippen LogP contribution < -0.4 is 9.80 Å². The molecular formula is C17H22N6S. The Morgan fingerprint density at radius 2 is 1.79 bits per heavy atom. The standard InChI is InChI=1S/C17H22N6S/c1-12-19-14-5-3-4-13(14)16(20-12)23-10-8-22(9-11-23)15-6-7-18-17(21-15)24-2/h6-7H,3-5,8-11H2,1-2H3. The van der Waals surface area contributed by atoms with E-state index in [4.69, 9.17) is 4.98 Å². The zero-order valence-corrected chi connectivity index (χ0v) is 15.0. The van der Waals surface area contributed by atoms with Crippen molar-refractivity contribution in [1.29, 1.82) is 0 Å². The van der Waals surface area contributed by atoms with Crippen LogP contribution in [-0.4, -0.2) is 52.4 Å². The van der Waals surface area contributed by atoms with E-state index in [-0.39, 0.29) is 0 Å². The van der Waals surface area contributed by atoms with E-state index in [1.165, 1.54) is 23.5 Å². The molecule has 1 aliphatic carbocycles. The van der Waals surface area contributed by atoms with Crippen molar-refractivity contribution in [2.75, 3.05) is 42.2 Å². The number of aromatic nitrogens is 4. The normalized spacial score (nSPS) is 17.2. The Balaban J connectivity index is 1.51. The number of fused-ring (bicyclic) bond motifs is 1. The third-order valence-electron chi connectivity index (χ3n) is 4.73. The molecule has 0 aromatic carbocycles. The molecule has 0 spiro atoms. The van der Waals surface area contributed by atoms with Crippen LogP contribution in [0.3, 0.4) is 0 Å². The Morgan fingerprint density at radius 1 is 1.00 bits per heavy atom. The molecule has 0 saturated carbocycles. The van der Waals surface area contributed by atoms with E-state index < -0.39 is 0 Å². The third-order valence-corrected chi connectivity index (χ3v) is 5.29. The monoisotopic (exact) mass is 342 g/mol. The van der Waals surface area contributed by atoms with Gasteiger partial charge in [-0.25, -0.2) is 19.9 Å². The Morgan fingerprint density at radius 3 is 2.58 bits per heavy atom. The molecule has 2 aromatic heterocycles. The van der Waals surface area contributed by atoms with Crippen molar-refractivity contribution in [1.82, 2.24) is 19.9 Å². The Kier molecular flexibility index (Phi) is 4.26. The molecule has 0 atom stereocenters. The average Bonchev–Trinajstić information content (AvgIpc) is 3.09. The van der Waals surface area contributed by atoms with Crippen LogP contribution in [0.15, 0.2) is 17.4 Å². The second-order valence-corrected chi connectivity index (χ2v) is 7.02. The molecule has 0 amide bonds. The molecule has 6 nitrogen and oxygen atoms in total. The van der Waals surface area contributed by atoms with E-state index in [9.17, 15) is 0 Å². The maximum atomic E-state index is 4.76. The number of anilines is 2. The van der Waals surface area contributed by atoms with Crippen LogP contribution in [0.25, 0.3) is 0 Å². The Hall–Kier alpha value is -1.89. The molecule has 4 rings (SSSR count). The van der Waals surface area contributed by atoms with Crippen LogP contribution in [0, 0.1) is 6.92 Å². The SMILES string of the molecule is CSc1nccc(N2CCN(c3nc(C)nc4c3CCC4)CC2)n1. The molecule has 0 bridgehead atoms. The Bertz CT molecular complexity index is 742. The summed E-state index contributed by atoms with van der Waals surface area (Å²) in [7, 11) is 0. The molecule has 1 aliphatic heterocycles. The molecule has 126 valence electrons. The average molecular weight is 342 g/mol. The van der Waals surface area contributed by atoms with E-state index in [1.807, 2.05) is 25.4 Å². The molecule has 3 heterocycles. The third kappa shape index (κ3) is 2.92. The number of rotatable bonds is 3. The molecule has 7 heteroatoms. The van der Waals surface area contributed by atoms with Crippen LogP contribution >= 0.6 is 11.8 Å². The van der Waals surface area contributed by atoms with Gasteiger partial charge in [-0.05, 0) is 38.5 Å².